The molecule has 8 heteroatoms. The molecule has 0 unspecified atom stereocenters. The summed E-state index contributed by atoms with van der Waals surface area (Å²) in [7, 11) is 0. The van der Waals surface area contributed by atoms with Gasteiger partial charge in [0.2, 0.25) is 5.88 Å². The number of benzene rings is 1. The Balaban J connectivity index is 2.01. The second kappa shape index (κ2) is 4.50. The molecule has 0 amide bonds. The molecule has 0 atom stereocenters. The summed E-state index contributed by atoms with van der Waals surface area (Å²) in [6.45, 7) is 0. The molecule has 20 heavy (non-hydrogen) atoms. The minimum Gasteiger partial charge on any atom is -0.478 e. The summed E-state index contributed by atoms with van der Waals surface area (Å²) < 4.78 is 6.63. The fourth-order valence-corrected chi connectivity index (χ4v) is 1.69. The minimum absolute atomic E-state index is 0.0218. The van der Waals surface area contributed by atoms with Gasteiger partial charge in [-0.25, -0.2) is 24.1 Å². The van der Waals surface area contributed by atoms with Crippen LogP contribution in [0.2, 0.25) is 0 Å². The first-order valence-electron chi connectivity index (χ1n) is 5.58. The number of nitrogens with one attached hydrogen (secondary N) is 1. The van der Waals surface area contributed by atoms with E-state index in [0.717, 1.165) is 0 Å². The Morgan fingerprint density at radius 3 is 2.95 bits per heavy atom. The Hall–Kier alpha value is -3.16. The fraction of sp³-hybridized carbons (Fsp3) is 0. The number of hydrogen-bond acceptors (Lipinski definition) is 5. The number of nitrogens with zero attached hydrogens (tertiary/aromatic N) is 3. The van der Waals surface area contributed by atoms with Crippen LogP contribution in [0.25, 0.3) is 5.65 Å². The second-order valence-corrected chi connectivity index (χ2v) is 3.89. The molecule has 3 rings (SSSR count). The number of hydrogen-bond donors (Lipinski definition) is 2. The molecule has 2 N–H and O–H groups in total. The number of carbonyl (C=O) groups is 1. The van der Waals surface area contributed by atoms with Crippen molar-refractivity contribution in [2.24, 2.45) is 0 Å². The lowest BCUT2D eigenvalue weighted by atomic mass is 10.2. The van der Waals surface area contributed by atoms with E-state index in [0.29, 0.717) is 5.65 Å². The lowest BCUT2D eigenvalue weighted by molar-refractivity contribution is 0.0694. The smallest absolute Gasteiger partial charge is 0.348 e. The maximum absolute atomic E-state index is 11.3. The van der Waals surface area contributed by atoms with E-state index in [4.69, 9.17) is 9.84 Å². The summed E-state index contributed by atoms with van der Waals surface area (Å²) in [6, 6.07) is 7.62. The fourth-order valence-electron chi connectivity index (χ4n) is 1.69. The number of ether oxygens (including phenoxy) is 1. The van der Waals surface area contributed by atoms with Crippen LogP contribution in [0.15, 0.2) is 41.5 Å². The monoisotopic (exact) mass is 272 g/mol. The van der Waals surface area contributed by atoms with Crippen LogP contribution in [0.4, 0.5) is 0 Å². The Morgan fingerprint density at radius 1 is 1.35 bits per heavy atom. The van der Waals surface area contributed by atoms with Gasteiger partial charge in [0.15, 0.2) is 5.65 Å². The van der Waals surface area contributed by atoms with Crippen molar-refractivity contribution in [3.63, 3.8) is 0 Å². The zero-order chi connectivity index (χ0) is 14.1. The van der Waals surface area contributed by atoms with Gasteiger partial charge in [-0.1, -0.05) is 12.1 Å². The van der Waals surface area contributed by atoms with Crippen molar-refractivity contribution in [2.45, 2.75) is 0 Å². The number of aromatic carboxylic acids is 1. The van der Waals surface area contributed by atoms with Crippen LogP contribution in [0.1, 0.15) is 10.4 Å². The molecule has 0 saturated carbocycles. The van der Waals surface area contributed by atoms with Crippen LogP contribution in [-0.4, -0.2) is 30.7 Å². The van der Waals surface area contributed by atoms with Crippen molar-refractivity contribution in [3.05, 3.63) is 52.7 Å². The van der Waals surface area contributed by atoms with E-state index in [1.54, 1.807) is 12.1 Å². The first kappa shape index (κ1) is 11.9. The highest BCUT2D eigenvalue weighted by Gasteiger charge is 2.12. The van der Waals surface area contributed by atoms with Crippen molar-refractivity contribution in [3.8, 4) is 11.6 Å². The zero-order valence-electron chi connectivity index (χ0n) is 9.98. The Bertz CT molecular complexity index is 852. The standard InChI is InChI=1S/C12H8N4O4/c17-11(18)7-3-1-2-4-8(7)20-10-5-9-14-15-12(19)16(9)6-13-10/h1-6H,(H,15,19)(H,17,18). The molecule has 0 fully saturated rings. The SMILES string of the molecule is O=C(O)c1ccccc1Oc1cc2n[nH]c(=O)n2cn1. The maximum Gasteiger partial charge on any atom is 0.348 e. The van der Waals surface area contributed by atoms with Crippen LogP contribution < -0.4 is 10.4 Å². The number of rotatable bonds is 3. The number of para-hydroxylation sites is 1. The number of carboxylic acids is 1. The molecule has 0 radical (unpaired) electrons. The largest absolute Gasteiger partial charge is 0.478 e. The molecule has 0 aliphatic rings. The predicted molar refractivity (Wildman–Crippen MR) is 67.1 cm³/mol. The van der Waals surface area contributed by atoms with E-state index in [-0.39, 0.29) is 17.2 Å². The average Bonchev–Trinajstić information content (AvgIpc) is 2.80. The van der Waals surface area contributed by atoms with Gasteiger partial charge in [0.1, 0.15) is 17.6 Å². The molecule has 3 aromatic rings. The summed E-state index contributed by atoms with van der Waals surface area (Å²) in [6.07, 6.45) is 1.25. The quantitative estimate of drug-likeness (QED) is 0.733. The molecule has 100 valence electrons. The number of aromatic amines is 1. The lowest BCUT2D eigenvalue weighted by Crippen LogP contribution is -2.09. The van der Waals surface area contributed by atoms with Crippen LogP contribution >= 0.6 is 0 Å². The molecule has 2 heterocycles. The summed E-state index contributed by atoms with van der Waals surface area (Å²) in [5, 5.41) is 15.1. The second-order valence-electron chi connectivity index (χ2n) is 3.89. The molecular weight excluding hydrogens is 264 g/mol. The van der Waals surface area contributed by atoms with Crippen molar-refractivity contribution in [1.29, 1.82) is 0 Å². The van der Waals surface area contributed by atoms with Crippen molar-refractivity contribution in [2.75, 3.05) is 0 Å². The number of fused-ring (bicyclic) bond motifs is 1. The van der Waals surface area contributed by atoms with Gasteiger partial charge in [-0.15, -0.1) is 0 Å². The highest BCUT2D eigenvalue weighted by molar-refractivity contribution is 5.90. The normalized spacial score (nSPS) is 10.6. The minimum atomic E-state index is -1.10. The van der Waals surface area contributed by atoms with Crippen molar-refractivity contribution in [1.82, 2.24) is 19.6 Å². The zero-order valence-corrected chi connectivity index (χ0v) is 9.98. The topological polar surface area (TPSA) is 110 Å². The number of aromatic nitrogens is 4. The molecule has 1 aromatic carbocycles. The summed E-state index contributed by atoms with van der Waals surface area (Å²) in [5.41, 5.74) is -0.0635. The third-order valence-electron chi connectivity index (χ3n) is 2.62. The average molecular weight is 272 g/mol. The van der Waals surface area contributed by atoms with Gasteiger partial charge in [-0.2, -0.15) is 5.10 Å². The van der Waals surface area contributed by atoms with Crippen LogP contribution in [0.3, 0.4) is 0 Å². The summed E-state index contributed by atoms with van der Waals surface area (Å²) in [5.74, 6) is -0.794. The molecule has 2 aromatic heterocycles. The maximum atomic E-state index is 11.3. The summed E-state index contributed by atoms with van der Waals surface area (Å²) in [4.78, 5) is 26.3. The first-order chi connectivity index (χ1) is 9.65. The lowest BCUT2D eigenvalue weighted by Gasteiger charge is -2.07. The van der Waals surface area contributed by atoms with Crippen LogP contribution in [-0.2, 0) is 0 Å². The van der Waals surface area contributed by atoms with Gasteiger partial charge in [0.05, 0.1) is 0 Å². The molecular formula is C12H8N4O4. The number of carboxylic acid groups (broad SMARTS) is 1. The van der Waals surface area contributed by atoms with E-state index in [1.807, 2.05) is 0 Å². The molecule has 0 aliphatic carbocycles. The van der Waals surface area contributed by atoms with Gasteiger partial charge in [-0.3, -0.25) is 0 Å². The van der Waals surface area contributed by atoms with E-state index >= 15 is 0 Å². The molecule has 0 aliphatic heterocycles. The predicted octanol–water partition coefficient (Wildman–Crippen LogP) is 0.908. The van der Waals surface area contributed by atoms with E-state index < -0.39 is 11.7 Å². The van der Waals surface area contributed by atoms with E-state index in [2.05, 4.69) is 15.2 Å². The van der Waals surface area contributed by atoms with Gasteiger partial charge >= 0.3 is 11.7 Å². The van der Waals surface area contributed by atoms with Gasteiger partial charge < -0.3 is 9.84 Å². The molecule has 0 spiro atoms. The molecule has 0 bridgehead atoms. The van der Waals surface area contributed by atoms with Crippen molar-refractivity contribution < 1.29 is 14.6 Å². The number of H-pyrrole nitrogens is 1. The summed E-state index contributed by atoms with van der Waals surface area (Å²) >= 11 is 0. The Morgan fingerprint density at radius 2 is 2.15 bits per heavy atom. The Kier molecular flexibility index (Phi) is 2.68. The Labute approximate surface area is 111 Å². The molecule has 0 saturated heterocycles. The highest BCUT2D eigenvalue weighted by atomic mass is 16.5. The van der Waals surface area contributed by atoms with Crippen molar-refractivity contribution >= 4 is 11.6 Å². The van der Waals surface area contributed by atoms with Gasteiger partial charge in [-0.05, 0) is 12.1 Å². The van der Waals surface area contributed by atoms with Gasteiger partial charge in [0, 0.05) is 6.07 Å². The van der Waals surface area contributed by atoms with E-state index in [9.17, 15) is 9.59 Å². The first-order valence-corrected chi connectivity index (χ1v) is 5.58. The van der Waals surface area contributed by atoms with E-state index in [1.165, 1.54) is 28.9 Å². The van der Waals surface area contributed by atoms with Crippen LogP contribution in [0, 0.1) is 0 Å². The third kappa shape index (κ3) is 1.99. The van der Waals surface area contributed by atoms with Gasteiger partial charge in [0.25, 0.3) is 0 Å². The molecule has 8 nitrogen and oxygen atoms in total. The van der Waals surface area contributed by atoms with Crippen LogP contribution in [0.5, 0.6) is 11.6 Å². The highest BCUT2D eigenvalue weighted by Crippen LogP contribution is 2.23. The third-order valence-corrected chi connectivity index (χ3v) is 2.62.